The van der Waals surface area contributed by atoms with E-state index in [0.29, 0.717) is 0 Å². The van der Waals surface area contributed by atoms with Crippen LogP contribution in [0.25, 0.3) is 66.1 Å². The molecule has 0 atom stereocenters. The van der Waals surface area contributed by atoms with Gasteiger partial charge in [-0.15, -0.1) is 0 Å². The third-order valence-corrected chi connectivity index (χ3v) is 9.61. The van der Waals surface area contributed by atoms with E-state index >= 15 is 0 Å². The van der Waals surface area contributed by atoms with Crippen molar-refractivity contribution in [3.05, 3.63) is 205 Å². The molecule has 0 unspecified atom stereocenters. The maximum atomic E-state index is 6.88. The van der Waals surface area contributed by atoms with Gasteiger partial charge in [0.25, 0.3) is 0 Å². The number of rotatable bonds is 6. The van der Waals surface area contributed by atoms with Gasteiger partial charge in [0.05, 0.1) is 0 Å². The third-order valence-electron chi connectivity index (χ3n) is 9.61. The number of benzene rings is 8. The van der Waals surface area contributed by atoms with Gasteiger partial charge in [0.15, 0.2) is 0 Å². The van der Waals surface area contributed by atoms with Gasteiger partial charge < -0.3 is 4.42 Å². The van der Waals surface area contributed by atoms with Gasteiger partial charge in [-0.2, -0.15) is 0 Å². The number of hydrogen-bond acceptors (Lipinski definition) is 1. The number of hydrogen-bond donors (Lipinski definition) is 0. The quantitative estimate of drug-likeness (QED) is 0.170. The lowest BCUT2D eigenvalue weighted by Crippen LogP contribution is -2.02. The van der Waals surface area contributed by atoms with Crippen LogP contribution >= 0.6 is 0 Å². The molecule has 1 nitrogen and oxygen atoms in total. The zero-order chi connectivity index (χ0) is 31.9. The largest absolute Gasteiger partial charge is 0.455 e. The van der Waals surface area contributed by atoms with Crippen molar-refractivity contribution in [2.24, 2.45) is 0 Å². The topological polar surface area (TPSA) is 13.1 Å². The molecule has 0 N–H and O–H groups in total. The average molecular weight is 613 g/mol. The van der Waals surface area contributed by atoms with Crippen molar-refractivity contribution in [3.8, 4) is 33.4 Å². The molecule has 1 aromatic heterocycles. The van der Waals surface area contributed by atoms with Gasteiger partial charge in [0, 0.05) is 22.3 Å². The minimum Gasteiger partial charge on any atom is -0.455 e. The molecule has 226 valence electrons. The molecule has 0 saturated heterocycles. The van der Waals surface area contributed by atoms with Gasteiger partial charge >= 0.3 is 0 Å². The highest BCUT2D eigenvalue weighted by Gasteiger charge is 2.21. The molecule has 0 aliphatic carbocycles. The van der Waals surface area contributed by atoms with E-state index in [0.717, 1.165) is 33.1 Å². The minimum absolute atomic E-state index is 0.109. The molecular weight excluding hydrogens is 581 g/mol. The molecule has 0 radical (unpaired) electrons. The molecule has 8 aromatic carbocycles. The molecule has 1 heterocycles. The van der Waals surface area contributed by atoms with Crippen LogP contribution in [0, 0.1) is 0 Å². The van der Waals surface area contributed by atoms with Gasteiger partial charge in [-0.25, -0.2) is 0 Å². The van der Waals surface area contributed by atoms with Crippen molar-refractivity contribution in [1.29, 1.82) is 0 Å². The van der Waals surface area contributed by atoms with Crippen LogP contribution in [0.5, 0.6) is 0 Å². The summed E-state index contributed by atoms with van der Waals surface area (Å²) in [5.74, 6) is 0.109. The minimum atomic E-state index is 0.109. The first-order chi connectivity index (χ1) is 23.8. The molecule has 48 heavy (non-hydrogen) atoms. The second-order valence-corrected chi connectivity index (χ2v) is 12.5. The van der Waals surface area contributed by atoms with Crippen molar-refractivity contribution >= 4 is 32.7 Å². The van der Waals surface area contributed by atoms with Crippen LogP contribution in [-0.2, 0) is 0 Å². The molecule has 9 aromatic rings. The SMILES string of the molecule is c1ccc(-c2ccc(-c3ccc(-c4c5ccccc5cc5c4oc4cc(C(c6ccccc6)c6ccccc6)ccc45)cc3)cc2)cc1. The summed E-state index contributed by atoms with van der Waals surface area (Å²) < 4.78 is 6.88. The molecule has 0 aliphatic heterocycles. The van der Waals surface area contributed by atoms with Gasteiger partial charge in [-0.05, 0) is 67.4 Å². The Kier molecular flexibility index (Phi) is 6.95. The fourth-order valence-electron chi connectivity index (χ4n) is 7.24. The summed E-state index contributed by atoms with van der Waals surface area (Å²) in [4.78, 5) is 0. The predicted octanol–water partition coefficient (Wildman–Crippen LogP) is 12.9. The highest BCUT2D eigenvalue weighted by molar-refractivity contribution is 6.18. The Balaban J connectivity index is 1.16. The van der Waals surface area contributed by atoms with E-state index in [9.17, 15) is 0 Å². The van der Waals surface area contributed by atoms with Crippen molar-refractivity contribution in [2.45, 2.75) is 5.92 Å². The number of furan rings is 1. The third kappa shape index (κ3) is 4.98. The van der Waals surface area contributed by atoms with Crippen molar-refractivity contribution in [2.75, 3.05) is 0 Å². The molecule has 9 rings (SSSR count). The molecule has 0 aliphatic rings. The first kappa shape index (κ1) is 28.1. The maximum Gasteiger partial charge on any atom is 0.143 e. The lowest BCUT2D eigenvalue weighted by Gasteiger charge is -2.18. The summed E-state index contributed by atoms with van der Waals surface area (Å²) in [6.07, 6.45) is 0. The zero-order valence-corrected chi connectivity index (χ0v) is 26.4. The van der Waals surface area contributed by atoms with Gasteiger partial charge in [0.2, 0.25) is 0 Å². The summed E-state index contributed by atoms with van der Waals surface area (Å²) in [7, 11) is 0. The molecule has 0 fully saturated rings. The Bertz CT molecular complexity index is 2470. The van der Waals surface area contributed by atoms with Crippen LogP contribution < -0.4 is 0 Å². The zero-order valence-electron chi connectivity index (χ0n) is 26.4. The van der Waals surface area contributed by atoms with E-state index in [4.69, 9.17) is 4.42 Å². The van der Waals surface area contributed by atoms with Crippen LogP contribution in [0.1, 0.15) is 22.6 Å². The summed E-state index contributed by atoms with van der Waals surface area (Å²) >= 11 is 0. The number of fused-ring (bicyclic) bond motifs is 4. The predicted molar refractivity (Wildman–Crippen MR) is 201 cm³/mol. The van der Waals surface area contributed by atoms with Crippen LogP contribution in [0.15, 0.2) is 192 Å². The molecule has 0 bridgehead atoms. The molecule has 0 spiro atoms. The monoisotopic (exact) mass is 612 g/mol. The van der Waals surface area contributed by atoms with E-state index in [1.807, 2.05) is 0 Å². The van der Waals surface area contributed by atoms with Gasteiger partial charge in [-0.3, -0.25) is 0 Å². The Labute approximate surface area is 280 Å². The standard InChI is InChI=1S/C47H32O/c1-4-12-32(13-5-1)33-20-22-34(23-21-33)35-24-26-38(27-25-35)46-41-19-11-10-18-39(41)30-43-42-29-28-40(31-44(42)48-47(43)46)45(36-14-6-2-7-15-36)37-16-8-3-9-17-37/h1-31,45H. The first-order valence-electron chi connectivity index (χ1n) is 16.5. The van der Waals surface area contributed by atoms with Crippen LogP contribution in [-0.4, -0.2) is 0 Å². The van der Waals surface area contributed by atoms with Crippen LogP contribution in [0.3, 0.4) is 0 Å². The normalized spacial score (nSPS) is 11.5. The summed E-state index contributed by atoms with van der Waals surface area (Å²) in [5.41, 5.74) is 12.7. The molecule has 0 amide bonds. The fraction of sp³-hybridized carbons (Fsp3) is 0.0213. The van der Waals surface area contributed by atoms with Crippen molar-refractivity contribution in [3.63, 3.8) is 0 Å². The Morgan fingerprint density at radius 1 is 0.333 bits per heavy atom. The van der Waals surface area contributed by atoms with Gasteiger partial charge in [-0.1, -0.05) is 176 Å². The Morgan fingerprint density at radius 2 is 0.833 bits per heavy atom. The second kappa shape index (κ2) is 11.9. The van der Waals surface area contributed by atoms with Crippen LogP contribution in [0.2, 0.25) is 0 Å². The smallest absolute Gasteiger partial charge is 0.143 e. The lowest BCUT2D eigenvalue weighted by molar-refractivity contribution is 0.669. The summed E-state index contributed by atoms with van der Waals surface area (Å²) in [5, 5.41) is 4.67. The van der Waals surface area contributed by atoms with Crippen molar-refractivity contribution in [1.82, 2.24) is 0 Å². The van der Waals surface area contributed by atoms with Gasteiger partial charge in [0.1, 0.15) is 11.2 Å². The second-order valence-electron chi connectivity index (χ2n) is 12.5. The van der Waals surface area contributed by atoms with E-state index < -0.39 is 0 Å². The highest BCUT2D eigenvalue weighted by atomic mass is 16.3. The molecule has 1 heteroatoms. The van der Waals surface area contributed by atoms with Crippen molar-refractivity contribution < 1.29 is 4.42 Å². The lowest BCUT2D eigenvalue weighted by atomic mass is 9.85. The Hall–Kier alpha value is -6.18. The highest BCUT2D eigenvalue weighted by Crippen LogP contribution is 2.43. The maximum absolute atomic E-state index is 6.88. The first-order valence-corrected chi connectivity index (χ1v) is 16.5. The summed E-state index contributed by atoms with van der Waals surface area (Å²) in [6.45, 7) is 0. The Morgan fingerprint density at radius 3 is 1.44 bits per heavy atom. The van der Waals surface area contributed by atoms with Crippen LogP contribution in [0.4, 0.5) is 0 Å². The fourth-order valence-corrected chi connectivity index (χ4v) is 7.24. The van der Waals surface area contributed by atoms with E-state index in [1.165, 1.54) is 49.7 Å². The molecular formula is C47H32O. The van der Waals surface area contributed by atoms with E-state index in [2.05, 4.69) is 188 Å². The van der Waals surface area contributed by atoms with E-state index in [1.54, 1.807) is 0 Å². The average Bonchev–Trinajstić information content (AvgIpc) is 3.52. The summed E-state index contributed by atoms with van der Waals surface area (Å²) in [6, 6.07) is 67.5. The molecule has 0 saturated carbocycles. The van der Waals surface area contributed by atoms with E-state index in [-0.39, 0.29) is 5.92 Å².